The number of sulfonamides is 1. The highest BCUT2D eigenvalue weighted by atomic mass is 32.2. The van der Waals surface area contributed by atoms with E-state index in [-0.39, 0.29) is 27.1 Å². The maximum Gasteiger partial charge on any atom is 0.412 e. The fraction of sp³-hybridized carbons (Fsp3) is 0.400. The van der Waals surface area contributed by atoms with Crippen LogP contribution in [-0.4, -0.2) is 48.9 Å². The second-order valence-corrected chi connectivity index (χ2v) is 10.9. The summed E-state index contributed by atoms with van der Waals surface area (Å²) in [6.07, 6.45) is -2.08. The number of aliphatic hydroxyl groups is 1. The lowest BCUT2D eigenvalue weighted by Crippen LogP contribution is -2.32. The van der Waals surface area contributed by atoms with Gasteiger partial charge in [-0.25, -0.2) is 17.6 Å². The summed E-state index contributed by atoms with van der Waals surface area (Å²) in [5, 5.41) is 12.7. The van der Waals surface area contributed by atoms with Gasteiger partial charge in [0.25, 0.3) is 0 Å². The van der Waals surface area contributed by atoms with Crippen molar-refractivity contribution in [1.82, 2.24) is 4.31 Å². The summed E-state index contributed by atoms with van der Waals surface area (Å²) in [5.74, 6) is -0.850. The van der Waals surface area contributed by atoms with Crippen molar-refractivity contribution < 1.29 is 32.2 Å². The van der Waals surface area contributed by atoms with E-state index in [4.69, 9.17) is 4.74 Å². The molecule has 0 aliphatic carbocycles. The number of carbonyl (C=O) groups excluding carboxylic acids is 2. The minimum atomic E-state index is -4.20. The molecule has 0 saturated heterocycles. The Labute approximate surface area is 184 Å². The van der Waals surface area contributed by atoms with E-state index in [9.17, 15) is 27.5 Å². The highest BCUT2D eigenvalue weighted by molar-refractivity contribution is 7.89. The SMILES string of the molecule is CC(=O)c1cc(S(=O)(=O)N(C)CC(O)c2ccc(F)cc2)c(NC(=O)OC(C)(C)C)s1. The molecule has 1 heterocycles. The normalized spacial score (nSPS) is 13.2. The molecule has 0 radical (unpaired) electrons. The van der Waals surface area contributed by atoms with Gasteiger partial charge >= 0.3 is 6.09 Å². The second-order valence-electron chi connectivity index (χ2n) is 7.84. The summed E-state index contributed by atoms with van der Waals surface area (Å²) < 4.78 is 45.4. The lowest BCUT2D eigenvalue weighted by Gasteiger charge is -2.22. The Morgan fingerprint density at radius 3 is 2.35 bits per heavy atom. The molecule has 1 aromatic carbocycles. The van der Waals surface area contributed by atoms with Crippen molar-refractivity contribution in [2.45, 2.75) is 44.3 Å². The number of thiophene rings is 1. The van der Waals surface area contributed by atoms with Gasteiger partial charge in [0.05, 0.1) is 11.0 Å². The van der Waals surface area contributed by atoms with Gasteiger partial charge in [0.15, 0.2) is 5.78 Å². The van der Waals surface area contributed by atoms with Crippen molar-refractivity contribution in [3.63, 3.8) is 0 Å². The van der Waals surface area contributed by atoms with Crippen LogP contribution in [0.2, 0.25) is 0 Å². The highest BCUT2D eigenvalue weighted by Gasteiger charge is 2.30. The van der Waals surface area contributed by atoms with Crippen LogP contribution in [-0.2, 0) is 14.8 Å². The van der Waals surface area contributed by atoms with Crippen LogP contribution in [0.15, 0.2) is 35.2 Å². The predicted molar refractivity (Wildman–Crippen MR) is 115 cm³/mol. The topological polar surface area (TPSA) is 113 Å². The first-order chi connectivity index (χ1) is 14.2. The number of hydrogen-bond acceptors (Lipinski definition) is 7. The van der Waals surface area contributed by atoms with Crippen LogP contribution >= 0.6 is 11.3 Å². The highest BCUT2D eigenvalue weighted by Crippen LogP contribution is 2.34. The quantitative estimate of drug-likeness (QED) is 0.593. The number of nitrogens with zero attached hydrogens (tertiary/aromatic N) is 1. The number of hydrogen-bond donors (Lipinski definition) is 2. The summed E-state index contributed by atoms with van der Waals surface area (Å²) in [7, 11) is -2.94. The molecule has 0 spiro atoms. The molecule has 1 atom stereocenters. The zero-order chi connectivity index (χ0) is 23.6. The monoisotopic (exact) mass is 472 g/mol. The van der Waals surface area contributed by atoms with E-state index in [0.29, 0.717) is 5.56 Å². The number of Topliss-reactive ketones (excluding diaryl/α,β-unsaturated/α-hetero) is 1. The van der Waals surface area contributed by atoms with Crippen molar-refractivity contribution in [3.05, 3.63) is 46.6 Å². The van der Waals surface area contributed by atoms with Gasteiger partial charge in [-0.2, -0.15) is 4.31 Å². The number of aliphatic hydroxyl groups excluding tert-OH is 1. The van der Waals surface area contributed by atoms with Crippen LogP contribution < -0.4 is 5.32 Å². The zero-order valence-corrected chi connectivity index (χ0v) is 19.4. The van der Waals surface area contributed by atoms with Crippen LogP contribution in [0.25, 0.3) is 0 Å². The largest absolute Gasteiger partial charge is 0.444 e. The number of likely N-dealkylation sites (N-methyl/N-ethyl adjacent to an activating group) is 1. The lowest BCUT2D eigenvalue weighted by atomic mass is 10.1. The molecular weight excluding hydrogens is 447 g/mol. The summed E-state index contributed by atoms with van der Waals surface area (Å²) >= 11 is 0.812. The Morgan fingerprint density at radius 2 is 1.84 bits per heavy atom. The molecule has 0 fully saturated rings. The van der Waals surface area contributed by atoms with E-state index < -0.39 is 33.6 Å². The Hall–Kier alpha value is -2.34. The molecule has 170 valence electrons. The van der Waals surface area contributed by atoms with Crippen LogP contribution in [0.1, 0.15) is 49.0 Å². The average molecular weight is 473 g/mol. The molecule has 2 rings (SSSR count). The van der Waals surface area contributed by atoms with Gasteiger partial charge in [-0.3, -0.25) is 10.1 Å². The summed E-state index contributed by atoms with van der Waals surface area (Å²) in [4.78, 5) is 23.8. The van der Waals surface area contributed by atoms with Crippen LogP contribution in [0.3, 0.4) is 0 Å². The smallest absolute Gasteiger partial charge is 0.412 e. The number of nitrogens with one attached hydrogen (secondary N) is 1. The van der Waals surface area contributed by atoms with E-state index >= 15 is 0 Å². The maximum absolute atomic E-state index is 13.1. The van der Waals surface area contributed by atoms with Crippen molar-refractivity contribution in [2.24, 2.45) is 0 Å². The fourth-order valence-electron chi connectivity index (χ4n) is 2.52. The second kappa shape index (κ2) is 9.43. The number of amides is 1. The third kappa shape index (κ3) is 6.57. The standard InChI is InChI=1S/C20H25FN2O6S2/c1-12(24)16-10-17(18(30-16)22-19(26)29-20(2,3)4)31(27,28)23(5)11-15(25)13-6-8-14(21)9-7-13/h6-10,15,25H,11H2,1-5H3,(H,22,26). The Morgan fingerprint density at radius 1 is 1.26 bits per heavy atom. The number of carbonyl (C=O) groups is 2. The number of rotatable bonds is 7. The van der Waals surface area contributed by atoms with Crippen LogP contribution in [0.4, 0.5) is 14.2 Å². The molecule has 1 unspecified atom stereocenters. The van der Waals surface area contributed by atoms with E-state index in [1.54, 1.807) is 20.8 Å². The molecule has 0 saturated carbocycles. The van der Waals surface area contributed by atoms with Gasteiger partial charge in [0.1, 0.15) is 21.3 Å². The van der Waals surface area contributed by atoms with Crippen LogP contribution in [0.5, 0.6) is 0 Å². The summed E-state index contributed by atoms with van der Waals surface area (Å²) in [6.45, 7) is 5.92. The first-order valence-corrected chi connectivity index (χ1v) is 11.5. The number of ketones is 1. The van der Waals surface area contributed by atoms with E-state index in [0.717, 1.165) is 27.8 Å². The molecule has 1 aromatic heterocycles. The third-order valence-corrected chi connectivity index (χ3v) is 7.16. The molecule has 1 amide bonds. The van der Waals surface area contributed by atoms with E-state index in [2.05, 4.69) is 5.32 Å². The van der Waals surface area contributed by atoms with E-state index in [1.807, 2.05) is 0 Å². The molecule has 31 heavy (non-hydrogen) atoms. The van der Waals surface area contributed by atoms with Gasteiger partial charge in [0.2, 0.25) is 10.0 Å². The van der Waals surface area contributed by atoms with Gasteiger partial charge in [0, 0.05) is 13.6 Å². The molecule has 0 aliphatic rings. The fourth-order valence-corrected chi connectivity index (χ4v) is 5.10. The van der Waals surface area contributed by atoms with Gasteiger partial charge in [-0.1, -0.05) is 12.1 Å². The van der Waals surface area contributed by atoms with Crippen molar-refractivity contribution in [2.75, 3.05) is 18.9 Å². The number of benzene rings is 1. The Kier molecular flexibility index (Phi) is 7.58. The summed E-state index contributed by atoms with van der Waals surface area (Å²) in [5.41, 5.74) is -0.467. The molecule has 0 bridgehead atoms. The average Bonchev–Trinajstić information content (AvgIpc) is 3.05. The first-order valence-electron chi connectivity index (χ1n) is 9.25. The van der Waals surface area contributed by atoms with Gasteiger partial charge in [-0.05, 0) is 51.5 Å². The van der Waals surface area contributed by atoms with Crippen molar-refractivity contribution in [1.29, 1.82) is 0 Å². The zero-order valence-electron chi connectivity index (χ0n) is 17.8. The molecule has 0 aliphatic heterocycles. The minimum Gasteiger partial charge on any atom is -0.444 e. The minimum absolute atomic E-state index is 0.0671. The Balaban J connectivity index is 2.31. The first kappa shape index (κ1) is 24.9. The molecule has 2 aromatic rings. The van der Waals surface area contributed by atoms with Crippen molar-refractivity contribution in [3.8, 4) is 0 Å². The lowest BCUT2D eigenvalue weighted by molar-refractivity contribution is 0.0636. The molecular formula is C20H25FN2O6S2. The van der Waals surface area contributed by atoms with Crippen molar-refractivity contribution >= 4 is 38.2 Å². The number of ether oxygens (including phenoxy) is 1. The number of halogens is 1. The molecule has 8 nitrogen and oxygen atoms in total. The Bertz CT molecular complexity index is 1060. The number of anilines is 1. The van der Waals surface area contributed by atoms with Crippen LogP contribution in [0, 0.1) is 5.82 Å². The van der Waals surface area contributed by atoms with E-state index in [1.165, 1.54) is 32.2 Å². The predicted octanol–water partition coefficient (Wildman–Crippen LogP) is 3.79. The molecule has 2 N–H and O–H groups in total. The maximum atomic E-state index is 13.1. The molecule has 11 heteroatoms. The van der Waals surface area contributed by atoms with Gasteiger partial charge in [-0.15, -0.1) is 11.3 Å². The summed E-state index contributed by atoms with van der Waals surface area (Å²) in [6, 6.07) is 6.21. The van der Waals surface area contributed by atoms with Gasteiger partial charge < -0.3 is 9.84 Å². The third-order valence-electron chi connectivity index (χ3n) is 4.03.